The Morgan fingerprint density at radius 1 is 1.36 bits per heavy atom. The number of primary amides is 1. The third-order valence-electron chi connectivity index (χ3n) is 2.24. The minimum Gasteiger partial charge on any atom is -0.370 e. The highest BCUT2D eigenvalue weighted by atomic mass is 79.9. The van der Waals surface area contributed by atoms with Crippen molar-refractivity contribution in [2.24, 2.45) is 5.73 Å². The summed E-state index contributed by atoms with van der Waals surface area (Å²) in [5.41, 5.74) is 6.13. The fourth-order valence-electron chi connectivity index (χ4n) is 1.44. The molecular weight excluding hydrogens is 242 g/mol. The second-order valence-corrected chi connectivity index (χ2v) is 4.95. The fraction of sp³-hybridized carbons (Fsp3) is 0.364. The zero-order valence-electron chi connectivity index (χ0n) is 8.38. The third kappa shape index (κ3) is 2.84. The third-order valence-corrected chi connectivity index (χ3v) is 2.77. The highest BCUT2D eigenvalue weighted by Gasteiger charge is 2.22. The Labute approximate surface area is 92.6 Å². The number of halogens is 1. The average molecular weight is 256 g/mol. The maximum atomic E-state index is 10.9. The van der Waals surface area contributed by atoms with E-state index >= 15 is 0 Å². The second-order valence-electron chi connectivity index (χ2n) is 4.03. The molecule has 0 unspecified atom stereocenters. The van der Waals surface area contributed by atoms with Crippen molar-refractivity contribution in [3.63, 3.8) is 0 Å². The fourth-order valence-corrected chi connectivity index (χ4v) is 1.70. The maximum absolute atomic E-state index is 10.9. The molecule has 76 valence electrons. The molecule has 0 aliphatic rings. The smallest absolute Gasteiger partial charge is 0.218 e. The van der Waals surface area contributed by atoms with Gasteiger partial charge >= 0.3 is 0 Å². The van der Waals surface area contributed by atoms with E-state index in [0.717, 1.165) is 10.0 Å². The number of carbonyl (C=O) groups is 1. The Balaban J connectivity index is 2.91. The van der Waals surface area contributed by atoms with E-state index in [-0.39, 0.29) is 11.3 Å². The van der Waals surface area contributed by atoms with Crippen LogP contribution in [0.3, 0.4) is 0 Å². The van der Waals surface area contributed by atoms with Gasteiger partial charge in [0.05, 0.1) is 0 Å². The second kappa shape index (κ2) is 4.13. The molecule has 0 spiro atoms. The van der Waals surface area contributed by atoms with Gasteiger partial charge < -0.3 is 5.73 Å². The highest BCUT2D eigenvalue weighted by molar-refractivity contribution is 9.10. The molecule has 0 aliphatic carbocycles. The molecule has 2 N–H and O–H groups in total. The molecule has 0 saturated heterocycles. The molecule has 0 atom stereocenters. The van der Waals surface area contributed by atoms with Crippen LogP contribution in [0.15, 0.2) is 28.7 Å². The lowest BCUT2D eigenvalue weighted by Crippen LogP contribution is -2.26. The Hall–Kier alpha value is -0.830. The monoisotopic (exact) mass is 255 g/mol. The molecule has 0 fully saturated rings. The Morgan fingerprint density at radius 2 is 1.86 bits per heavy atom. The highest BCUT2D eigenvalue weighted by Crippen LogP contribution is 2.27. The quantitative estimate of drug-likeness (QED) is 0.887. The first kappa shape index (κ1) is 11.2. The number of hydrogen-bond donors (Lipinski definition) is 1. The van der Waals surface area contributed by atoms with E-state index < -0.39 is 0 Å². The Morgan fingerprint density at radius 3 is 2.29 bits per heavy atom. The van der Waals surface area contributed by atoms with Gasteiger partial charge in [0, 0.05) is 10.9 Å². The van der Waals surface area contributed by atoms with Crippen LogP contribution in [0.5, 0.6) is 0 Å². The van der Waals surface area contributed by atoms with Crippen molar-refractivity contribution in [2.75, 3.05) is 0 Å². The predicted octanol–water partition coefficient (Wildman–Crippen LogP) is 2.60. The van der Waals surface area contributed by atoms with E-state index in [0.29, 0.717) is 6.42 Å². The van der Waals surface area contributed by atoms with Crippen molar-refractivity contribution >= 4 is 21.8 Å². The molecular formula is C11H14BrNO. The minimum absolute atomic E-state index is 0.188. The topological polar surface area (TPSA) is 43.1 Å². The first-order valence-corrected chi connectivity index (χ1v) is 5.25. The van der Waals surface area contributed by atoms with Gasteiger partial charge in [-0.3, -0.25) is 4.79 Å². The summed E-state index contributed by atoms with van der Waals surface area (Å²) in [6.07, 6.45) is 0.370. The van der Waals surface area contributed by atoms with Crippen LogP contribution in [0.25, 0.3) is 0 Å². The summed E-state index contributed by atoms with van der Waals surface area (Å²) in [4.78, 5) is 10.9. The normalized spacial score (nSPS) is 11.4. The predicted molar refractivity (Wildman–Crippen MR) is 61.0 cm³/mol. The molecule has 0 saturated carbocycles. The summed E-state index contributed by atoms with van der Waals surface area (Å²) in [5, 5.41) is 0. The van der Waals surface area contributed by atoms with Gasteiger partial charge in [0.2, 0.25) is 5.91 Å². The van der Waals surface area contributed by atoms with E-state index in [9.17, 15) is 4.79 Å². The minimum atomic E-state index is -0.266. The van der Waals surface area contributed by atoms with Crippen molar-refractivity contribution in [1.29, 1.82) is 0 Å². The van der Waals surface area contributed by atoms with Crippen LogP contribution in [0.4, 0.5) is 0 Å². The van der Waals surface area contributed by atoms with Gasteiger partial charge in [0.1, 0.15) is 0 Å². The molecule has 0 aliphatic heterocycles. The number of benzene rings is 1. The van der Waals surface area contributed by atoms with Gasteiger partial charge in [-0.2, -0.15) is 0 Å². The Bertz CT molecular complexity index is 330. The first-order valence-electron chi connectivity index (χ1n) is 4.46. The summed E-state index contributed by atoms with van der Waals surface area (Å²) in [6, 6.07) is 7.95. The molecule has 1 amide bonds. The van der Waals surface area contributed by atoms with Crippen molar-refractivity contribution in [3.8, 4) is 0 Å². The van der Waals surface area contributed by atoms with Crippen molar-refractivity contribution in [3.05, 3.63) is 34.3 Å². The first-order chi connectivity index (χ1) is 6.42. The lowest BCUT2D eigenvalue weighted by Gasteiger charge is -2.23. The number of nitrogens with two attached hydrogens (primary N) is 1. The maximum Gasteiger partial charge on any atom is 0.218 e. The summed E-state index contributed by atoms with van der Waals surface area (Å²) in [6.45, 7) is 4.03. The molecule has 0 bridgehead atoms. The molecule has 1 aromatic rings. The van der Waals surface area contributed by atoms with Gasteiger partial charge in [-0.25, -0.2) is 0 Å². The van der Waals surface area contributed by atoms with Gasteiger partial charge in [0.25, 0.3) is 0 Å². The summed E-state index contributed by atoms with van der Waals surface area (Å²) < 4.78 is 1.04. The van der Waals surface area contributed by atoms with Crippen LogP contribution < -0.4 is 5.73 Å². The van der Waals surface area contributed by atoms with Crippen molar-refractivity contribution in [1.82, 2.24) is 0 Å². The Kier molecular flexibility index (Phi) is 3.32. The van der Waals surface area contributed by atoms with E-state index in [4.69, 9.17) is 5.73 Å². The van der Waals surface area contributed by atoms with Crippen LogP contribution in [-0.4, -0.2) is 5.91 Å². The SMILES string of the molecule is CC(C)(CC(N)=O)c1ccc(Br)cc1. The average Bonchev–Trinajstić information content (AvgIpc) is 2.02. The number of carbonyl (C=O) groups excluding carboxylic acids is 1. The molecule has 0 heterocycles. The molecule has 0 radical (unpaired) electrons. The van der Waals surface area contributed by atoms with Gasteiger partial charge in [-0.05, 0) is 23.1 Å². The molecule has 14 heavy (non-hydrogen) atoms. The summed E-state index contributed by atoms with van der Waals surface area (Å²) >= 11 is 3.37. The zero-order chi connectivity index (χ0) is 10.8. The van der Waals surface area contributed by atoms with Crippen LogP contribution >= 0.6 is 15.9 Å². The van der Waals surface area contributed by atoms with E-state index in [1.807, 2.05) is 38.1 Å². The van der Waals surface area contributed by atoms with E-state index in [1.54, 1.807) is 0 Å². The largest absolute Gasteiger partial charge is 0.370 e. The van der Waals surface area contributed by atoms with E-state index in [1.165, 1.54) is 0 Å². The molecule has 3 heteroatoms. The van der Waals surface area contributed by atoms with Crippen LogP contribution in [0.1, 0.15) is 25.8 Å². The van der Waals surface area contributed by atoms with Crippen LogP contribution in [0, 0.1) is 0 Å². The van der Waals surface area contributed by atoms with Crippen LogP contribution in [-0.2, 0) is 10.2 Å². The van der Waals surface area contributed by atoms with Crippen molar-refractivity contribution < 1.29 is 4.79 Å². The summed E-state index contributed by atoms with van der Waals surface area (Å²) in [7, 11) is 0. The number of amides is 1. The van der Waals surface area contributed by atoms with Crippen molar-refractivity contribution in [2.45, 2.75) is 25.7 Å². The molecule has 1 aromatic carbocycles. The van der Waals surface area contributed by atoms with Gasteiger partial charge in [-0.1, -0.05) is 41.9 Å². The molecule has 2 nitrogen and oxygen atoms in total. The molecule has 0 aromatic heterocycles. The van der Waals surface area contributed by atoms with Gasteiger partial charge in [0.15, 0.2) is 0 Å². The number of rotatable bonds is 3. The lowest BCUT2D eigenvalue weighted by molar-refractivity contribution is -0.119. The van der Waals surface area contributed by atoms with Gasteiger partial charge in [-0.15, -0.1) is 0 Å². The lowest BCUT2D eigenvalue weighted by atomic mass is 9.81. The van der Waals surface area contributed by atoms with Crippen LogP contribution in [0.2, 0.25) is 0 Å². The number of hydrogen-bond acceptors (Lipinski definition) is 1. The molecule has 1 rings (SSSR count). The summed E-state index contributed by atoms with van der Waals surface area (Å²) in [5.74, 6) is -0.266. The van der Waals surface area contributed by atoms with E-state index in [2.05, 4.69) is 15.9 Å². The standard InChI is InChI=1S/C11H14BrNO/c1-11(2,7-10(13)14)8-3-5-9(12)6-4-8/h3-6H,7H2,1-2H3,(H2,13,14). The zero-order valence-corrected chi connectivity index (χ0v) is 9.97.